The fraction of sp³-hybridized carbons (Fsp3) is 0.200. The Bertz CT molecular complexity index is 950. The Labute approximate surface area is 156 Å². The van der Waals surface area contributed by atoms with Crippen molar-refractivity contribution in [1.29, 1.82) is 0 Å². The molecule has 0 unspecified atom stereocenters. The molecule has 0 bridgehead atoms. The lowest BCUT2D eigenvalue weighted by Crippen LogP contribution is -2.16. The van der Waals surface area contributed by atoms with Crippen LogP contribution in [-0.2, 0) is 6.61 Å². The van der Waals surface area contributed by atoms with Gasteiger partial charge in [-0.25, -0.2) is 0 Å². The minimum absolute atomic E-state index is 0.134. The van der Waals surface area contributed by atoms with Crippen molar-refractivity contribution in [2.45, 2.75) is 27.4 Å². The van der Waals surface area contributed by atoms with Crippen LogP contribution in [0.1, 0.15) is 32.9 Å². The van der Waals surface area contributed by atoms with Gasteiger partial charge < -0.3 is 14.6 Å². The number of hydrogen-bond donors (Lipinski definition) is 1. The van der Waals surface area contributed by atoms with Crippen molar-refractivity contribution in [3.05, 3.63) is 75.6 Å². The first kappa shape index (κ1) is 18.0. The fourth-order valence-electron chi connectivity index (χ4n) is 2.50. The van der Waals surface area contributed by atoms with Crippen LogP contribution in [0.15, 0.2) is 47.0 Å². The second kappa shape index (κ2) is 7.62. The van der Waals surface area contributed by atoms with Gasteiger partial charge in [-0.1, -0.05) is 41.0 Å². The third kappa shape index (κ3) is 3.89. The molecule has 1 heterocycles. The molecule has 0 saturated heterocycles. The van der Waals surface area contributed by atoms with Crippen LogP contribution in [0.3, 0.4) is 0 Å². The first-order valence-electron chi connectivity index (χ1n) is 8.17. The maximum atomic E-state index is 12.7. The number of carbonyl (C=O) groups is 1. The zero-order valence-electron chi connectivity index (χ0n) is 14.8. The fourth-order valence-corrected chi connectivity index (χ4v) is 2.69. The summed E-state index contributed by atoms with van der Waals surface area (Å²) < 4.78 is 10.9. The third-order valence-electron chi connectivity index (χ3n) is 4.05. The highest BCUT2D eigenvalue weighted by Gasteiger charge is 2.21. The van der Waals surface area contributed by atoms with Crippen molar-refractivity contribution < 1.29 is 14.1 Å². The normalized spacial score (nSPS) is 10.6. The van der Waals surface area contributed by atoms with Gasteiger partial charge in [0.1, 0.15) is 18.1 Å². The van der Waals surface area contributed by atoms with Crippen molar-refractivity contribution >= 4 is 23.2 Å². The van der Waals surface area contributed by atoms with E-state index in [1.165, 1.54) is 0 Å². The average molecular weight is 371 g/mol. The van der Waals surface area contributed by atoms with Gasteiger partial charge in [0, 0.05) is 5.69 Å². The van der Waals surface area contributed by atoms with E-state index < -0.39 is 0 Å². The molecule has 0 spiro atoms. The Morgan fingerprint density at radius 1 is 1.19 bits per heavy atom. The van der Waals surface area contributed by atoms with Crippen molar-refractivity contribution in [3.63, 3.8) is 0 Å². The number of anilines is 1. The van der Waals surface area contributed by atoms with Gasteiger partial charge in [0.05, 0.1) is 10.6 Å². The second-order valence-electron chi connectivity index (χ2n) is 6.06. The van der Waals surface area contributed by atoms with Crippen LogP contribution in [0.4, 0.5) is 5.69 Å². The van der Waals surface area contributed by atoms with Gasteiger partial charge in [0.15, 0.2) is 5.69 Å². The number of nitrogens with one attached hydrogen (secondary N) is 1. The van der Waals surface area contributed by atoms with E-state index in [-0.39, 0.29) is 18.2 Å². The smallest absolute Gasteiger partial charge is 0.278 e. The molecule has 26 heavy (non-hydrogen) atoms. The van der Waals surface area contributed by atoms with E-state index >= 15 is 0 Å². The van der Waals surface area contributed by atoms with Gasteiger partial charge in [-0.05, 0) is 50.1 Å². The molecule has 0 saturated carbocycles. The molecule has 0 radical (unpaired) electrons. The van der Waals surface area contributed by atoms with Crippen LogP contribution in [-0.4, -0.2) is 11.1 Å². The maximum absolute atomic E-state index is 12.7. The number of rotatable bonds is 5. The highest BCUT2D eigenvalue weighted by molar-refractivity contribution is 6.32. The first-order valence-corrected chi connectivity index (χ1v) is 8.54. The summed E-state index contributed by atoms with van der Waals surface area (Å²) in [7, 11) is 0. The van der Waals surface area contributed by atoms with Crippen LogP contribution in [0.25, 0.3) is 0 Å². The van der Waals surface area contributed by atoms with Crippen molar-refractivity contribution in [2.75, 3.05) is 5.32 Å². The van der Waals surface area contributed by atoms with Crippen LogP contribution in [0, 0.1) is 20.8 Å². The number of nitrogens with zero attached hydrogens (tertiary/aromatic N) is 1. The molecule has 0 fully saturated rings. The summed E-state index contributed by atoms with van der Waals surface area (Å²) in [6, 6.07) is 13.0. The van der Waals surface area contributed by atoms with E-state index in [0.29, 0.717) is 22.1 Å². The Morgan fingerprint density at radius 3 is 2.73 bits per heavy atom. The zero-order chi connectivity index (χ0) is 18.7. The van der Waals surface area contributed by atoms with E-state index in [0.717, 1.165) is 16.8 Å². The Hall–Kier alpha value is -2.79. The average Bonchev–Trinajstić information content (AvgIpc) is 2.98. The van der Waals surface area contributed by atoms with E-state index in [4.69, 9.17) is 20.9 Å². The zero-order valence-corrected chi connectivity index (χ0v) is 15.6. The Balaban J connectivity index is 1.79. The summed E-state index contributed by atoms with van der Waals surface area (Å²) in [5.41, 5.74) is 3.57. The molecular weight excluding hydrogens is 352 g/mol. The number of hydrogen-bond acceptors (Lipinski definition) is 4. The molecule has 0 aliphatic carbocycles. The van der Waals surface area contributed by atoms with E-state index in [2.05, 4.69) is 10.5 Å². The molecule has 134 valence electrons. The largest absolute Gasteiger partial charge is 0.487 e. The SMILES string of the molecule is Cc1ccc(C)c(NC(=O)c2noc(C)c2COc2ccccc2Cl)c1. The molecule has 1 amide bonds. The van der Waals surface area contributed by atoms with Crippen LogP contribution in [0.5, 0.6) is 5.75 Å². The molecule has 0 aliphatic rings. The highest BCUT2D eigenvalue weighted by Crippen LogP contribution is 2.26. The summed E-state index contributed by atoms with van der Waals surface area (Å²) >= 11 is 6.10. The van der Waals surface area contributed by atoms with Gasteiger partial charge in [-0.15, -0.1) is 0 Å². The van der Waals surface area contributed by atoms with E-state index in [9.17, 15) is 4.79 Å². The molecule has 1 aromatic heterocycles. The molecular formula is C20H19ClN2O3. The quantitative estimate of drug-likeness (QED) is 0.679. The standard InChI is InChI=1S/C20H19ClN2O3/c1-12-8-9-13(2)17(10-12)22-20(24)19-15(14(3)26-23-19)11-25-18-7-5-4-6-16(18)21/h4-10H,11H2,1-3H3,(H,22,24). The molecule has 1 N–H and O–H groups in total. The number of para-hydroxylation sites is 1. The van der Waals surface area contributed by atoms with Gasteiger partial charge in [-0.2, -0.15) is 0 Å². The molecule has 0 atom stereocenters. The molecule has 0 aliphatic heterocycles. The van der Waals surface area contributed by atoms with Crippen molar-refractivity contribution in [2.24, 2.45) is 0 Å². The maximum Gasteiger partial charge on any atom is 0.278 e. The predicted octanol–water partition coefficient (Wildman–Crippen LogP) is 5.08. The number of carbonyl (C=O) groups excluding carboxylic acids is 1. The third-order valence-corrected chi connectivity index (χ3v) is 4.36. The van der Waals surface area contributed by atoms with Gasteiger partial charge in [0.25, 0.3) is 5.91 Å². The number of aryl methyl sites for hydroxylation is 3. The van der Waals surface area contributed by atoms with Crippen LogP contribution in [0.2, 0.25) is 5.02 Å². The lowest BCUT2D eigenvalue weighted by atomic mass is 10.1. The van der Waals surface area contributed by atoms with Gasteiger partial charge in [-0.3, -0.25) is 4.79 Å². The van der Waals surface area contributed by atoms with Crippen LogP contribution >= 0.6 is 11.6 Å². The minimum atomic E-state index is -0.340. The van der Waals surface area contributed by atoms with E-state index in [1.807, 2.05) is 44.2 Å². The molecule has 3 aromatic rings. The summed E-state index contributed by atoms with van der Waals surface area (Å²) in [6.07, 6.45) is 0. The topological polar surface area (TPSA) is 64.4 Å². The second-order valence-corrected chi connectivity index (χ2v) is 6.46. The first-order chi connectivity index (χ1) is 12.5. The van der Waals surface area contributed by atoms with Gasteiger partial charge in [0.2, 0.25) is 0 Å². The lowest BCUT2D eigenvalue weighted by Gasteiger charge is -2.10. The summed E-state index contributed by atoms with van der Waals surface area (Å²) in [5.74, 6) is 0.729. The molecule has 2 aromatic carbocycles. The van der Waals surface area contributed by atoms with Crippen molar-refractivity contribution in [3.8, 4) is 5.75 Å². The Kier molecular flexibility index (Phi) is 5.28. The number of halogens is 1. The van der Waals surface area contributed by atoms with E-state index in [1.54, 1.807) is 19.1 Å². The minimum Gasteiger partial charge on any atom is -0.487 e. The molecule has 5 nitrogen and oxygen atoms in total. The lowest BCUT2D eigenvalue weighted by molar-refractivity contribution is 0.101. The number of benzene rings is 2. The van der Waals surface area contributed by atoms with Crippen LogP contribution < -0.4 is 10.1 Å². The summed E-state index contributed by atoms with van der Waals surface area (Å²) in [5, 5.41) is 7.29. The Morgan fingerprint density at radius 2 is 1.96 bits per heavy atom. The molecule has 6 heteroatoms. The predicted molar refractivity (Wildman–Crippen MR) is 101 cm³/mol. The summed E-state index contributed by atoms with van der Waals surface area (Å²) in [4.78, 5) is 12.7. The highest BCUT2D eigenvalue weighted by atomic mass is 35.5. The monoisotopic (exact) mass is 370 g/mol. The van der Waals surface area contributed by atoms with Crippen molar-refractivity contribution in [1.82, 2.24) is 5.16 Å². The summed E-state index contributed by atoms with van der Waals surface area (Å²) in [6.45, 7) is 5.78. The number of aromatic nitrogens is 1. The number of amides is 1. The van der Waals surface area contributed by atoms with Gasteiger partial charge >= 0.3 is 0 Å². The molecule has 3 rings (SSSR count). The number of ether oxygens (including phenoxy) is 1.